The number of ketones is 1. The lowest BCUT2D eigenvalue weighted by atomic mass is 10.1. The molecule has 0 fully saturated rings. The lowest BCUT2D eigenvalue weighted by Crippen LogP contribution is -2.16. The van der Waals surface area contributed by atoms with Crippen molar-refractivity contribution in [1.82, 2.24) is 24.5 Å². The highest BCUT2D eigenvalue weighted by Crippen LogP contribution is 2.24. The van der Waals surface area contributed by atoms with Crippen LogP contribution in [0.1, 0.15) is 17.3 Å². The van der Waals surface area contributed by atoms with Gasteiger partial charge >= 0.3 is 0 Å². The molecule has 9 heteroatoms. The van der Waals surface area contributed by atoms with Crippen LogP contribution in [0.5, 0.6) is 0 Å². The van der Waals surface area contributed by atoms with Crippen LogP contribution < -0.4 is 5.32 Å². The van der Waals surface area contributed by atoms with Crippen molar-refractivity contribution in [1.29, 1.82) is 0 Å². The average molecular weight is 418 g/mol. The maximum Gasteiger partial charge on any atom is 0.234 e. The quantitative estimate of drug-likeness (QED) is 0.365. The second-order valence-corrected chi connectivity index (χ2v) is 7.34. The van der Waals surface area contributed by atoms with Crippen LogP contribution >= 0.6 is 11.8 Å². The predicted octanol–water partition coefficient (Wildman–Crippen LogP) is 3.39. The van der Waals surface area contributed by atoms with Gasteiger partial charge in [-0.25, -0.2) is 4.68 Å². The zero-order valence-electron chi connectivity index (χ0n) is 16.1. The van der Waals surface area contributed by atoms with E-state index < -0.39 is 0 Å². The number of rotatable bonds is 7. The number of pyridine rings is 1. The van der Waals surface area contributed by atoms with E-state index in [0.29, 0.717) is 22.2 Å². The number of anilines is 1. The number of hydrogen-bond donors (Lipinski definition) is 1. The van der Waals surface area contributed by atoms with Gasteiger partial charge in [0, 0.05) is 41.6 Å². The topological polar surface area (TPSA) is 94.7 Å². The van der Waals surface area contributed by atoms with Gasteiger partial charge in [0.15, 0.2) is 11.6 Å². The molecule has 1 aromatic carbocycles. The average Bonchev–Trinajstić information content (AvgIpc) is 3.42. The standard InChI is InChI=1S/C21H18N6O2S/c1-15(28)16-6-4-8-18(12-16)23-19(29)14-30-21-25-24-20(17-7-5-9-22-13-17)27(21)26-10-2-3-11-26/h2-13H,14H2,1H3,(H,23,29). The number of carbonyl (C=O) groups excluding carboxylic acids is 2. The molecule has 0 spiro atoms. The number of benzene rings is 1. The van der Waals surface area contributed by atoms with Crippen molar-refractivity contribution in [3.63, 3.8) is 0 Å². The summed E-state index contributed by atoms with van der Waals surface area (Å²) >= 11 is 1.27. The SMILES string of the molecule is CC(=O)c1cccc(NC(=O)CSc2nnc(-c3cccnc3)n2-n2cccc2)c1. The summed E-state index contributed by atoms with van der Waals surface area (Å²) in [5.41, 5.74) is 1.95. The van der Waals surface area contributed by atoms with Gasteiger partial charge in [0.1, 0.15) is 0 Å². The highest BCUT2D eigenvalue weighted by molar-refractivity contribution is 7.99. The Labute approximate surface area is 176 Å². The number of amides is 1. The van der Waals surface area contributed by atoms with Gasteiger partial charge in [0.2, 0.25) is 11.1 Å². The van der Waals surface area contributed by atoms with Gasteiger partial charge in [-0.15, -0.1) is 10.2 Å². The maximum absolute atomic E-state index is 12.5. The van der Waals surface area contributed by atoms with Gasteiger partial charge in [-0.3, -0.25) is 19.2 Å². The van der Waals surface area contributed by atoms with Gasteiger partial charge in [0.25, 0.3) is 0 Å². The second kappa shape index (κ2) is 8.75. The molecular weight excluding hydrogens is 400 g/mol. The monoisotopic (exact) mass is 418 g/mol. The number of hydrogen-bond acceptors (Lipinski definition) is 6. The molecule has 0 radical (unpaired) electrons. The highest BCUT2D eigenvalue weighted by atomic mass is 32.2. The predicted molar refractivity (Wildman–Crippen MR) is 114 cm³/mol. The van der Waals surface area contributed by atoms with Crippen molar-refractivity contribution in [3.05, 3.63) is 78.9 Å². The summed E-state index contributed by atoms with van der Waals surface area (Å²) in [4.78, 5) is 28.1. The Morgan fingerprint density at radius 1 is 1.07 bits per heavy atom. The third kappa shape index (κ3) is 4.31. The number of aromatic nitrogens is 5. The van der Waals surface area contributed by atoms with Gasteiger partial charge in [-0.2, -0.15) is 0 Å². The molecule has 1 N–H and O–H groups in total. The van der Waals surface area contributed by atoms with Crippen LogP contribution in [0.2, 0.25) is 0 Å². The summed E-state index contributed by atoms with van der Waals surface area (Å²) in [5.74, 6) is 0.502. The van der Waals surface area contributed by atoms with E-state index in [9.17, 15) is 9.59 Å². The zero-order chi connectivity index (χ0) is 20.9. The van der Waals surface area contributed by atoms with Crippen molar-refractivity contribution >= 4 is 29.1 Å². The molecule has 0 unspecified atom stereocenters. The molecule has 150 valence electrons. The van der Waals surface area contributed by atoms with E-state index in [1.807, 2.05) is 46.0 Å². The zero-order valence-corrected chi connectivity index (χ0v) is 16.9. The fourth-order valence-corrected chi connectivity index (χ4v) is 3.57. The molecule has 4 aromatic rings. The highest BCUT2D eigenvalue weighted by Gasteiger charge is 2.17. The molecule has 3 heterocycles. The summed E-state index contributed by atoms with van der Waals surface area (Å²) in [7, 11) is 0. The molecule has 30 heavy (non-hydrogen) atoms. The summed E-state index contributed by atoms with van der Waals surface area (Å²) in [6, 6.07) is 14.4. The first kappa shape index (κ1) is 19.6. The van der Waals surface area contributed by atoms with Gasteiger partial charge in [-0.05, 0) is 43.3 Å². The first-order chi connectivity index (χ1) is 14.6. The molecule has 0 aliphatic carbocycles. The number of nitrogens with one attached hydrogen (secondary N) is 1. The molecule has 1 amide bonds. The van der Waals surface area contributed by atoms with E-state index in [1.54, 1.807) is 36.7 Å². The van der Waals surface area contributed by atoms with Crippen molar-refractivity contribution in [3.8, 4) is 11.4 Å². The van der Waals surface area contributed by atoms with Gasteiger partial charge < -0.3 is 5.32 Å². The summed E-state index contributed by atoms with van der Waals surface area (Å²) in [5, 5.41) is 11.9. The van der Waals surface area contributed by atoms with Crippen molar-refractivity contribution < 1.29 is 9.59 Å². The van der Waals surface area contributed by atoms with Crippen LogP contribution in [-0.4, -0.2) is 42.0 Å². The van der Waals surface area contributed by atoms with E-state index in [4.69, 9.17) is 0 Å². The Hall–Kier alpha value is -3.72. The molecule has 0 bridgehead atoms. The van der Waals surface area contributed by atoms with Crippen LogP contribution in [0.25, 0.3) is 11.4 Å². The molecule has 0 aliphatic heterocycles. The van der Waals surface area contributed by atoms with Crippen LogP contribution in [-0.2, 0) is 4.79 Å². The number of thioether (sulfide) groups is 1. The van der Waals surface area contributed by atoms with Crippen LogP contribution in [0, 0.1) is 0 Å². The van der Waals surface area contributed by atoms with Crippen molar-refractivity contribution in [2.75, 3.05) is 11.1 Å². The molecule has 4 rings (SSSR count). The smallest absolute Gasteiger partial charge is 0.234 e. The second-order valence-electron chi connectivity index (χ2n) is 6.40. The summed E-state index contributed by atoms with van der Waals surface area (Å²) < 4.78 is 3.67. The normalized spacial score (nSPS) is 10.7. The minimum atomic E-state index is -0.203. The fraction of sp³-hybridized carbons (Fsp3) is 0.0952. The Bertz CT molecular complexity index is 1170. The minimum Gasteiger partial charge on any atom is -0.325 e. The van der Waals surface area contributed by atoms with E-state index >= 15 is 0 Å². The van der Waals surface area contributed by atoms with Gasteiger partial charge in [-0.1, -0.05) is 23.9 Å². The third-order valence-corrected chi connectivity index (χ3v) is 5.16. The van der Waals surface area contributed by atoms with Gasteiger partial charge in [0.05, 0.1) is 5.75 Å². The Morgan fingerprint density at radius 3 is 2.63 bits per heavy atom. The number of Topliss-reactive ketones (excluding diaryl/α,β-unsaturated/α-hetero) is 1. The Balaban J connectivity index is 1.52. The molecular formula is C21H18N6O2S. The Kier molecular flexibility index (Phi) is 5.71. The molecule has 0 atom stereocenters. The maximum atomic E-state index is 12.5. The van der Waals surface area contributed by atoms with E-state index in [0.717, 1.165) is 5.56 Å². The fourth-order valence-electron chi connectivity index (χ4n) is 2.84. The van der Waals surface area contributed by atoms with Crippen molar-refractivity contribution in [2.45, 2.75) is 12.1 Å². The van der Waals surface area contributed by atoms with E-state index in [1.165, 1.54) is 18.7 Å². The lowest BCUT2D eigenvalue weighted by Gasteiger charge is -2.11. The Morgan fingerprint density at radius 2 is 1.90 bits per heavy atom. The molecule has 0 saturated carbocycles. The van der Waals surface area contributed by atoms with E-state index in [-0.39, 0.29) is 17.4 Å². The summed E-state index contributed by atoms with van der Waals surface area (Å²) in [6.07, 6.45) is 7.16. The van der Waals surface area contributed by atoms with Crippen LogP contribution in [0.4, 0.5) is 5.69 Å². The molecule has 0 saturated heterocycles. The molecule has 3 aromatic heterocycles. The van der Waals surface area contributed by atoms with E-state index in [2.05, 4.69) is 20.5 Å². The van der Waals surface area contributed by atoms with Crippen LogP contribution in [0.15, 0.2) is 78.5 Å². The number of carbonyl (C=O) groups is 2. The molecule has 8 nitrogen and oxygen atoms in total. The third-order valence-electron chi connectivity index (χ3n) is 4.24. The summed E-state index contributed by atoms with van der Waals surface area (Å²) in [6.45, 7) is 1.49. The first-order valence-corrected chi connectivity index (χ1v) is 10.1. The largest absolute Gasteiger partial charge is 0.325 e. The number of nitrogens with zero attached hydrogens (tertiary/aromatic N) is 5. The minimum absolute atomic E-state index is 0.0526. The lowest BCUT2D eigenvalue weighted by molar-refractivity contribution is -0.113. The van der Waals surface area contributed by atoms with Crippen LogP contribution in [0.3, 0.4) is 0 Å². The van der Waals surface area contributed by atoms with Crippen molar-refractivity contribution in [2.24, 2.45) is 0 Å². The molecule has 0 aliphatic rings. The first-order valence-electron chi connectivity index (χ1n) is 9.15.